The van der Waals surface area contributed by atoms with Crippen molar-refractivity contribution in [3.05, 3.63) is 11.2 Å². The van der Waals surface area contributed by atoms with E-state index in [1.807, 2.05) is 11.9 Å². The van der Waals surface area contributed by atoms with Crippen LogP contribution in [-0.2, 0) is 9.53 Å². The molecule has 0 fully saturated rings. The summed E-state index contributed by atoms with van der Waals surface area (Å²) in [6.07, 6.45) is 2.51. The number of hydrogen-bond donors (Lipinski definition) is 0. The second-order valence-electron chi connectivity index (χ2n) is 3.63. The maximum Gasteiger partial charge on any atom is 0.318 e. The molecule has 0 saturated carbocycles. The van der Waals surface area contributed by atoms with Gasteiger partial charge in [-0.25, -0.2) is 4.98 Å². The number of carbonyl (C=O) groups is 1. The number of ether oxygens (including phenoxy) is 2. The third kappa shape index (κ3) is 4.03. The summed E-state index contributed by atoms with van der Waals surface area (Å²) in [5.74, 6) is 0.350. The Morgan fingerprint density at radius 2 is 2.22 bits per heavy atom. The van der Waals surface area contributed by atoms with Gasteiger partial charge in [0, 0.05) is 20.0 Å². The van der Waals surface area contributed by atoms with E-state index < -0.39 is 0 Å². The molecule has 18 heavy (non-hydrogen) atoms. The lowest BCUT2D eigenvalue weighted by Gasteiger charge is -2.18. The fraction of sp³-hybridized carbons (Fsp3) is 0.545. The first-order chi connectivity index (χ1) is 8.58. The van der Waals surface area contributed by atoms with Crippen LogP contribution in [0.2, 0.25) is 5.02 Å². The van der Waals surface area contributed by atoms with Crippen LogP contribution in [0, 0.1) is 0 Å². The van der Waals surface area contributed by atoms with Crippen LogP contribution in [-0.4, -0.2) is 43.7 Å². The van der Waals surface area contributed by atoms with Gasteiger partial charge in [-0.3, -0.25) is 4.79 Å². The molecule has 0 unspecified atom stereocenters. The minimum atomic E-state index is -0.227. The average molecular weight is 274 g/mol. The minimum Gasteiger partial charge on any atom is -0.469 e. The smallest absolute Gasteiger partial charge is 0.318 e. The molecule has 0 atom stereocenters. The molecule has 1 rings (SSSR count). The van der Waals surface area contributed by atoms with E-state index in [1.165, 1.54) is 20.4 Å². The molecule has 0 aliphatic rings. The van der Waals surface area contributed by atoms with E-state index in [-0.39, 0.29) is 12.0 Å². The van der Waals surface area contributed by atoms with Gasteiger partial charge >= 0.3 is 12.0 Å². The van der Waals surface area contributed by atoms with E-state index in [2.05, 4.69) is 14.7 Å². The molecule has 1 heterocycles. The lowest BCUT2D eigenvalue weighted by molar-refractivity contribution is -0.140. The van der Waals surface area contributed by atoms with Crippen molar-refractivity contribution in [2.24, 2.45) is 0 Å². The van der Waals surface area contributed by atoms with Crippen LogP contribution in [0.15, 0.2) is 6.20 Å². The van der Waals surface area contributed by atoms with E-state index in [4.69, 9.17) is 16.3 Å². The van der Waals surface area contributed by atoms with Crippen molar-refractivity contribution >= 4 is 23.4 Å². The maximum absolute atomic E-state index is 11.0. The molecule has 0 amide bonds. The summed E-state index contributed by atoms with van der Waals surface area (Å²) >= 11 is 6.00. The number of aromatic nitrogens is 2. The van der Waals surface area contributed by atoms with Gasteiger partial charge in [-0.05, 0) is 6.42 Å². The highest BCUT2D eigenvalue weighted by molar-refractivity contribution is 6.32. The molecule has 0 bridgehead atoms. The van der Waals surface area contributed by atoms with Gasteiger partial charge in [0.1, 0.15) is 5.02 Å². The molecule has 0 aliphatic carbocycles. The molecular formula is C11H16ClN3O3. The number of anilines is 1. The summed E-state index contributed by atoms with van der Waals surface area (Å²) < 4.78 is 9.51. The zero-order chi connectivity index (χ0) is 13.5. The number of methoxy groups -OCH3 is 2. The molecule has 7 heteroatoms. The Morgan fingerprint density at radius 1 is 1.50 bits per heavy atom. The number of nitrogens with zero attached hydrogens (tertiary/aromatic N) is 3. The van der Waals surface area contributed by atoms with Gasteiger partial charge in [0.25, 0.3) is 0 Å². The third-order valence-electron chi connectivity index (χ3n) is 2.35. The standard InChI is InChI=1S/C11H16ClN3O3/c1-15(6-4-5-9(16)17-2)10-8(12)7-13-11(14-10)18-3/h7H,4-6H2,1-3H3. The molecule has 0 aliphatic heterocycles. The Morgan fingerprint density at radius 3 is 2.83 bits per heavy atom. The van der Waals surface area contributed by atoms with E-state index in [9.17, 15) is 4.79 Å². The summed E-state index contributed by atoms with van der Waals surface area (Å²) in [6.45, 7) is 0.634. The molecule has 0 spiro atoms. The number of hydrogen-bond acceptors (Lipinski definition) is 6. The van der Waals surface area contributed by atoms with Gasteiger partial charge in [-0.2, -0.15) is 4.98 Å². The Labute approximate surface area is 111 Å². The van der Waals surface area contributed by atoms with Gasteiger partial charge in [0.15, 0.2) is 5.82 Å². The normalized spacial score (nSPS) is 10.0. The Balaban J connectivity index is 2.60. The molecule has 6 nitrogen and oxygen atoms in total. The molecule has 1 aromatic heterocycles. The fourth-order valence-corrected chi connectivity index (χ4v) is 1.61. The predicted molar refractivity (Wildman–Crippen MR) is 68.1 cm³/mol. The molecule has 100 valence electrons. The molecule has 0 N–H and O–H groups in total. The average Bonchev–Trinajstić information content (AvgIpc) is 2.38. The quantitative estimate of drug-likeness (QED) is 0.733. The van der Waals surface area contributed by atoms with Crippen molar-refractivity contribution in [2.75, 3.05) is 32.7 Å². The van der Waals surface area contributed by atoms with E-state index in [0.717, 1.165) is 0 Å². The lowest BCUT2D eigenvalue weighted by atomic mass is 10.3. The highest BCUT2D eigenvalue weighted by Crippen LogP contribution is 2.23. The highest BCUT2D eigenvalue weighted by Gasteiger charge is 2.11. The van der Waals surface area contributed by atoms with Crippen LogP contribution >= 0.6 is 11.6 Å². The second-order valence-corrected chi connectivity index (χ2v) is 4.04. The van der Waals surface area contributed by atoms with Gasteiger partial charge in [-0.1, -0.05) is 11.6 Å². The Bertz CT molecular complexity index is 415. The number of halogens is 1. The largest absolute Gasteiger partial charge is 0.469 e. The molecule has 0 saturated heterocycles. The van der Waals surface area contributed by atoms with Crippen molar-refractivity contribution in [3.8, 4) is 6.01 Å². The van der Waals surface area contributed by atoms with Gasteiger partial charge in [-0.15, -0.1) is 0 Å². The molecule has 1 aromatic rings. The first kappa shape index (κ1) is 14.5. The van der Waals surface area contributed by atoms with Crippen molar-refractivity contribution in [1.29, 1.82) is 0 Å². The number of rotatable bonds is 6. The van der Waals surface area contributed by atoms with Crippen LogP contribution < -0.4 is 9.64 Å². The number of esters is 1. The molecular weight excluding hydrogens is 258 g/mol. The Hall–Kier alpha value is -1.56. The van der Waals surface area contributed by atoms with Crippen LogP contribution in [0.3, 0.4) is 0 Å². The number of carbonyl (C=O) groups excluding carboxylic acids is 1. The van der Waals surface area contributed by atoms with E-state index in [0.29, 0.717) is 30.2 Å². The summed E-state index contributed by atoms with van der Waals surface area (Å²) in [7, 11) is 4.70. The van der Waals surface area contributed by atoms with Crippen LogP contribution in [0.5, 0.6) is 6.01 Å². The second kappa shape index (κ2) is 7.00. The van der Waals surface area contributed by atoms with E-state index in [1.54, 1.807) is 0 Å². The van der Waals surface area contributed by atoms with Crippen molar-refractivity contribution in [2.45, 2.75) is 12.8 Å². The predicted octanol–water partition coefficient (Wildman–Crippen LogP) is 1.53. The minimum absolute atomic E-state index is 0.227. The zero-order valence-corrected chi connectivity index (χ0v) is 11.4. The van der Waals surface area contributed by atoms with Crippen molar-refractivity contribution in [1.82, 2.24) is 9.97 Å². The van der Waals surface area contributed by atoms with E-state index >= 15 is 0 Å². The third-order valence-corrected chi connectivity index (χ3v) is 2.62. The molecule has 0 radical (unpaired) electrons. The van der Waals surface area contributed by atoms with Crippen molar-refractivity contribution in [3.63, 3.8) is 0 Å². The maximum atomic E-state index is 11.0. The summed E-state index contributed by atoms with van der Waals surface area (Å²) in [6, 6.07) is 0.259. The highest BCUT2D eigenvalue weighted by atomic mass is 35.5. The molecule has 0 aromatic carbocycles. The topological polar surface area (TPSA) is 64.5 Å². The van der Waals surface area contributed by atoms with Gasteiger partial charge < -0.3 is 14.4 Å². The van der Waals surface area contributed by atoms with Crippen LogP contribution in [0.1, 0.15) is 12.8 Å². The monoisotopic (exact) mass is 273 g/mol. The lowest BCUT2D eigenvalue weighted by Crippen LogP contribution is -2.21. The SMILES string of the molecule is COC(=O)CCCN(C)c1nc(OC)ncc1Cl. The van der Waals surface area contributed by atoms with Crippen LogP contribution in [0.25, 0.3) is 0 Å². The van der Waals surface area contributed by atoms with Gasteiger partial charge in [0.05, 0.1) is 20.4 Å². The zero-order valence-electron chi connectivity index (χ0n) is 10.6. The fourth-order valence-electron chi connectivity index (χ4n) is 1.38. The van der Waals surface area contributed by atoms with Crippen molar-refractivity contribution < 1.29 is 14.3 Å². The summed E-state index contributed by atoms with van der Waals surface area (Å²) in [5.41, 5.74) is 0. The summed E-state index contributed by atoms with van der Waals surface area (Å²) in [5, 5.41) is 0.441. The Kier molecular flexibility index (Phi) is 5.64. The summed E-state index contributed by atoms with van der Waals surface area (Å²) in [4.78, 5) is 20.9. The van der Waals surface area contributed by atoms with Gasteiger partial charge in [0.2, 0.25) is 0 Å². The first-order valence-electron chi connectivity index (χ1n) is 5.43. The van der Waals surface area contributed by atoms with Crippen LogP contribution in [0.4, 0.5) is 5.82 Å². The first-order valence-corrected chi connectivity index (χ1v) is 5.80.